The topological polar surface area (TPSA) is 73.2 Å². The van der Waals surface area contributed by atoms with Gasteiger partial charge < -0.3 is 10.1 Å². The summed E-state index contributed by atoms with van der Waals surface area (Å²) in [6.45, 7) is 1.26. The first-order valence-electron chi connectivity index (χ1n) is 9.62. The molecule has 154 valence electrons. The maximum absolute atomic E-state index is 12.3. The normalized spacial score (nSPS) is 15.8. The number of benzene rings is 2. The monoisotopic (exact) mass is 441 g/mol. The van der Waals surface area contributed by atoms with E-state index in [1.165, 1.54) is 22.5 Å². The van der Waals surface area contributed by atoms with E-state index < -0.39 is 0 Å². The van der Waals surface area contributed by atoms with Gasteiger partial charge in [0, 0.05) is 34.7 Å². The third kappa shape index (κ3) is 5.11. The molecule has 0 bridgehead atoms. The number of carbonyl (C=O) groups excluding carboxylic acids is 1. The van der Waals surface area contributed by atoms with Crippen LogP contribution < -0.4 is 10.9 Å². The van der Waals surface area contributed by atoms with Crippen molar-refractivity contribution in [3.63, 3.8) is 0 Å². The smallest absolute Gasteiger partial charge is 0.271 e. The standard InChI is InChI=1S/C22H20ClN3O3S/c23-16-5-9-19(10-6-16)30-20-11-12-21(27)26(25-20)17-7-3-15(4-8-17)22(28)24-14-18-2-1-13-29-18/h3-12,18H,1-2,13-14H2,(H,24,28)/t18-/m0/s1. The largest absolute Gasteiger partial charge is 0.376 e. The van der Waals surface area contributed by atoms with Crippen LogP contribution in [0, 0.1) is 0 Å². The Kier molecular flexibility index (Phi) is 6.52. The van der Waals surface area contributed by atoms with Gasteiger partial charge in [0.25, 0.3) is 11.5 Å². The minimum absolute atomic E-state index is 0.0943. The van der Waals surface area contributed by atoms with Crippen LogP contribution in [0.1, 0.15) is 23.2 Å². The van der Waals surface area contributed by atoms with Gasteiger partial charge in [-0.05, 0) is 67.4 Å². The van der Waals surface area contributed by atoms with Gasteiger partial charge in [-0.15, -0.1) is 0 Å². The Hall–Kier alpha value is -2.61. The number of nitrogens with one attached hydrogen (secondary N) is 1. The Morgan fingerprint density at radius 1 is 1.13 bits per heavy atom. The minimum Gasteiger partial charge on any atom is -0.376 e. The molecule has 0 spiro atoms. The van der Waals surface area contributed by atoms with E-state index in [0.717, 1.165) is 24.3 Å². The molecule has 4 rings (SSSR count). The summed E-state index contributed by atoms with van der Waals surface area (Å²) in [5.74, 6) is -0.163. The van der Waals surface area contributed by atoms with Crippen molar-refractivity contribution in [3.8, 4) is 5.69 Å². The number of aromatic nitrogens is 2. The van der Waals surface area contributed by atoms with Crippen LogP contribution in [0.25, 0.3) is 5.69 Å². The van der Waals surface area contributed by atoms with Gasteiger partial charge in [0.1, 0.15) is 5.03 Å². The number of amides is 1. The maximum Gasteiger partial charge on any atom is 0.271 e. The molecule has 1 aliphatic rings. The summed E-state index contributed by atoms with van der Waals surface area (Å²) in [7, 11) is 0. The number of halogens is 1. The van der Waals surface area contributed by atoms with Crippen LogP contribution in [0.3, 0.4) is 0 Å². The summed E-state index contributed by atoms with van der Waals surface area (Å²) in [6, 6.07) is 17.4. The number of hydrogen-bond donors (Lipinski definition) is 1. The molecular formula is C22H20ClN3O3S. The lowest BCUT2D eigenvalue weighted by Gasteiger charge is -2.11. The fourth-order valence-corrected chi connectivity index (χ4v) is 4.02. The van der Waals surface area contributed by atoms with Crippen LogP contribution >= 0.6 is 23.4 Å². The maximum atomic E-state index is 12.3. The van der Waals surface area contributed by atoms with Gasteiger partial charge in [0.2, 0.25) is 0 Å². The van der Waals surface area contributed by atoms with Crippen molar-refractivity contribution in [1.82, 2.24) is 15.1 Å². The van der Waals surface area contributed by atoms with E-state index >= 15 is 0 Å². The summed E-state index contributed by atoms with van der Waals surface area (Å²) in [5.41, 5.74) is 0.872. The fraction of sp³-hybridized carbons (Fsp3) is 0.227. The van der Waals surface area contributed by atoms with Gasteiger partial charge in [-0.25, -0.2) is 0 Å². The summed E-state index contributed by atoms with van der Waals surface area (Å²) in [5, 5.41) is 8.67. The molecule has 0 unspecified atom stereocenters. The van der Waals surface area contributed by atoms with E-state index in [4.69, 9.17) is 16.3 Å². The SMILES string of the molecule is O=C(NC[C@@H]1CCCO1)c1ccc(-n2nc(Sc3ccc(Cl)cc3)ccc2=O)cc1. The van der Waals surface area contributed by atoms with Crippen LogP contribution in [0.4, 0.5) is 0 Å². The number of rotatable bonds is 6. The first-order valence-corrected chi connectivity index (χ1v) is 10.8. The molecule has 0 radical (unpaired) electrons. The van der Waals surface area contributed by atoms with Crippen molar-refractivity contribution >= 4 is 29.3 Å². The average Bonchev–Trinajstić information content (AvgIpc) is 3.29. The van der Waals surface area contributed by atoms with E-state index in [9.17, 15) is 9.59 Å². The lowest BCUT2D eigenvalue weighted by atomic mass is 10.2. The second kappa shape index (κ2) is 9.47. The molecule has 2 heterocycles. The summed E-state index contributed by atoms with van der Waals surface area (Å²) in [6.07, 6.45) is 2.10. The molecule has 8 heteroatoms. The van der Waals surface area contributed by atoms with E-state index in [1.54, 1.807) is 30.3 Å². The molecule has 1 N–H and O–H groups in total. The highest BCUT2D eigenvalue weighted by atomic mass is 35.5. The Morgan fingerprint density at radius 3 is 2.60 bits per heavy atom. The molecule has 0 saturated carbocycles. The molecule has 6 nitrogen and oxygen atoms in total. The Morgan fingerprint density at radius 2 is 1.90 bits per heavy atom. The average molecular weight is 442 g/mol. The third-order valence-corrected chi connectivity index (χ3v) is 5.89. The highest BCUT2D eigenvalue weighted by Crippen LogP contribution is 2.26. The number of ether oxygens (including phenoxy) is 1. The molecule has 1 aliphatic heterocycles. The highest BCUT2D eigenvalue weighted by Gasteiger charge is 2.16. The molecule has 1 saturated heterocycles. The van der Waals surface area contributed by atoms with Gasteiger partial charge in [-0.3, -0.25) is 9.59 Å². The zero-order valence-electron chi connectivity index (χ0n) is 16.1. The number of hydrogen-bond acceptors (Lipinski definition) is 5. The molecule has 3 aromatic rings. The van der Waals surface area contributed by atoms with E-state index in [1.807, 2.05) is 24.3 Å². The molecule has 30 heavy (non-hydrogen) atoms. The van der Waals surface area contributed by atoms with Gasteiger partial charge in [0.15, 0.2) is 0 Å². The first kappa shape index (κ1) is 20.7. The van der Waals surface area contributed by atoms with E-state index in [-0.39, 0.29) is 17.6 Å². The molecular weight excluding hydrogens is 422 g/mol. The molecule has 1 amide bonds. The van der Waals surface area contributed by atoms with Crippen LogP contribution in [0.15, 0.2) is 75.4 Å². The zero-order valence-corrected chi connectivity index (χ0v) is 17.7. The van der Waals surface area contributed by atoms with E-state index in [2.05, 4.69) is 10.4 Å². The van der Waals surface area contributed by atoms with Crippen molar-refractivity contribution in [2.75, 3.05) is 13.2 Å². The molecule has 1 aromatic heterocycles. The summed E-state index contributed by atoms with van der Waals surface area (Å²) < 4.78 is 6.85. The third-order valence-electron chi connectivity index (χ3n) is 4.70. The highest BCUT2D eigenvalue weighted by molar-refractivity contribution is 7.99. The van der Waals surface area contributed by atoms with Gasteiger partial charge in [-0.1, -0.05) is 23.4 Å². The summed E-state index contributed by atoms with van der Waals surface area (Å²) >= 11 is 7.36. The lowest BCUT2D eigenvalue weighted by molar-refractivity contribution is 0.0858. The van der Waals surface area contributed by atoms with Crippen molar-refractivity contribution in [1.29, 1.82) is 0 Å². The van der Waals surface area contributed by atoms with Gasteiger partial charge >= 0.3 is 0 Å². The van der Waals surface area contributed by atoms with Crippen molar-refractivity contribution in [2.24, 2.45) is 0 Å². The number of carbonyl (C=O) groups is 1. The second-order valence-corrected chi connectivity index (χ2v) is 8.40. The molecule has 0 aliphatic carbocycles. The zero-order chi connectivity index (χ0) is 20.9. The predicted octanol–water partition coefficient (Wildman–Crippen LogP) is 3.95. The quantitative estimate of drug-likeness (QED) is 0.627. The minimum atomic E-state index is -0.244. The molecule has 1 fully saturated rings. The molecule has 1 atom stereocenters. The second-order valence-electron chi connectivity index (χ2n) is 6.87. The van der Waals surface area contributed by atoms with Crippen LogP contribution in [-0.2, 0) is 4.74 Å². The van der Waals surface area contributed by atoms with Gasteiger partial charge in [0.05, 0.1) is 11.8 Å². The van der Waals surface area contributed by atoms with Crippen LogP contribution in [0.5, 0.6) is 0 Å². The van der Waals surface area contributed by atoms with Crippen LogP contribution in [-0.4, -0.2) is 34.9 Å². The Labute approximate surface area is 183 Å². The molecule has 2 aromatic carbocycles. The van der Waals surface area contributed by atoms with Crippen LogP contribution in [0.2, 0.25) is 5.02 Å². The van der Waals surface area contributed by atoms with Crippen molar-refractivity contribution in [3.05, 3.63) is 81.6 Å². The fourth-order valence-electron chi connectivity index (χ4n) is 3.13. The van der Waals surface area contributed by atoms with Crippen molar-refractivity contribution in [2.45, 2.75) is 28.9 Å². The van der Waals surface area contributed by atoms with Crippen molar-refractivity contribution < 1.29 is 9.53 Å². The Bertz CT molecular complexity index is 1080. The number of nitrogens with zero attached hydrogens (tertiary/aromatic N) is 2. The van der Waals surface area contributed by atoms with E-state index in [0.29, 0.717) is 27.8 Å². The predicted molar refractivity (Wildman–Crippen MR) is 117 cm³/mol. The van der Waals surface area contributed by atoms with Gasteiger partial charge in [-0.2, -0.15) is 9.78 Å². The Balaban J connectivity index is 1.47. The summed E-state index contributed by atoms with van der Waals surface area (Å²) in [4.78, 5) is 25.6. The first-order chi connectivity index (χ1) is 14.6. The lowest BCUT2D eigenvalue weighted by Crippen LogP contribution is -2.31.